The van der Waals surface area contributed by atoms with Gasteiger partial charge >= 0.3 is 12.5 Å². The monoisotopic (exact) mass is 635 g/mol. The van der Waals surface area contributed by atoms with Gasteiger partial charge in [0.25, 0.3) is 17.4 Å². The predicted molar refractivity (Wildman–Crippen MR) is 147 cm³/mol. The maximum absolute atomic E-state index is 14.1. The molecule has 1 atom stereocenters. The van der Waals surface area contributed by atoms with E-state index in [2.05, 4.69) is 15.0 Å². The number of hydrogen-bond donors (Lipinski definition) is 2. The lowest BCUT2D eigenvalue weighted by Gasteiger charge is -2.40. The SMILES string of the molecule is CNC(=O)c1ccc(N2CCC(CC3CCN(C(=O)C(O)(c4cccc(OC(F)(F)F)c4)C(F)(F)F)CC3)CC2)cc1Cl. The smallest absolute Gasteiger partial charge is 0.406 e. The summed E-state index contributed by atoms with van der Waals surface area (Å²) >= 11 is 6.29. The lowest BCUT2D eigenvalue weighted by Crippen LogP contribution is -2.57. The minimum Gasteiger partial charge on any atom is -0.406 e. The highest BCUT2D eigenvalue weighted by Gasteiger charge is 2.62. The number of nitrogens with zero attached hydrogens (tertiary/aromatic N) is 2. The summed E-state index contributed by atoms with van der Waals surface area (Å²) in [4.78, 5) is 28.1. The van der Waals surface area contributed by atoms with E-state index in [9.17, 15) is 41.0 Å². The van der Waals surface area contributed by atoms with E-state index in [-0.39, 0.29) is 24.9 Å². The van der Waals surface area contributed by atoms with Crippen LogP contribution in [0.25, 0.3) is 0 Å². The van der Waals surface area contributed by atoms with Crippen molar-refractivity contribution >= 4 is 29.1 Å². The van der Waals surface area contributed by atoms with E-state index in [1.165, 1.54) is 7.05 Å². The summed E-state index contributed by atoms with van der Waals surface area (Å²) in [7, 11) is 1.53. The van der Waals surface area contributed by atoms with Gasteiger partial charge in [0.2, 0.25) is 0 Å². The number of carbonyl (C=O) groups is 2. The molecule has 0 aliphatic carbocycles. The molecular weight excluding hydrogens is 604 g/mol. The van der Waals surface area contributed by atoms with Gasteiger partial charge in [-0.2, -0.15) is 13.2 Å². The zero-order valence-electron chi connectivity index (χ0n) is 23.3. The lowest BCUT2D eigenvalue weighted by molar-refractivity contribution is -0.274. The number of alkyl halides is 6. The molecule has 2 fully saturated rings. The molecule has 1 unspecified atom stereocenters. The fourth-order valence-electron chi connectivity index (χ4n) is 5.85. The Morgan fingerprint density at radius 2 is 1.56 bits per heavy atom. The average Bonchev–Trinajstić information content (AvgIpc) is 2.95. The van der Waals surface area contributed by atoms with E-state index in [1.54, 1.807) is 12.1 Å². The highest BCUT2D eigenvalue weighted by Crippen LogP contribution is 2.43. The number of ether oxygens (including phenoxy) is 1. The van der Waals surface area contributed by atoms with Crippen LogP contribution >= 0.6 is 11.6 Å². The highest BCUT2D eigenvalue weighted by atomic mass is 35.5. The maximum atomic E-state index is 14.1. The van der Waals surface area contributed by atoms with Gasteiger partial charge in [-0.25, -0.2) is 0 Å². The van der Waals surface area contributed by atoms with Gasteiger partial charge in [0.15, 0.2) is 0 Å². The Bertz CT molecular complexity index is 1310. The van der Waals surface area contributed by atoms with Gasteiger partial charge < -0.3 is 25.0 Å². The molecule has 2 aliphatic heterocycles. The molecule has 2 amide bonds. The van der Waals surface area contributed by atoms with Crippen LogP contribution in [0.4, 0.5) is 32.0 Å². The standard InChI is InChI=1S/C29H32ClF6N3O4/c1-37-25(40)23-6-5-21(17-24(23)30)38-11-7-18(8-12-38)15-19-9-13-39(14-10-19)26(41)27(42,28(31,32)33)20-3-2-4-22(16-20)43-29(34,35)36/h2-6,16-19,42H,7-15H2,1H3,(H,37,40). The number of carbonyl (C=O) groups excluding carboxylic acids is 2. The first kappa shape index (κ1) is 32.7. The van der Waals surface area contributed by atoms with Crippen molar-refractivity contribution in [3.63, 3.8) is 0 Å². The van der Waals surface area contributed by atoms with Crippen LogP contribution in [0.3, 0.4) is 0 Å². The Morgan fingerprint density at radius 3 is 2.09 bits per heavy atom. The topological polar surface area (TPSA) is 82.1 Å². The molecule has 2 N–H and O–H groups in total. The van der Waals surface area contributed by atoms with Crippen LogP contribution in [0.2, 0.25) is 5.02 Å². The lowest BCUT2D eigenvalue weighted by atomic mass is 9.82. The molecule has 2 heterocycles. The molecule has 0 aromatic heterocycles. The Labute approximate surface area is 249 Å². The van der Waals surface area contributed by atoms with Gasteiger partial charge in [0, 0.05) is 44.5 Å². The maximum Gasteiger partial charge on any atom is 0.573 e. The molecule has 2 aliphatic rings. The minimum absolute atomic E-state index is 0.0182. The number of halogens is 7. The second-order valence-corrected chi connectivity index (χ2v) is 11.3. The van der Waals surface area contributed by atoms with Gasteiger partial charge in [-0.1, -0.05) is 23.7 Å². The first-order chi connectivity index (χ1) is 20.1. The van der Waals surface area contributed by atoms with Crippen molar-refractivity contribution in [3.8, 4) is 5.75 Å². The fraction of sp³-hybridized carbons (Fsp3) is 0.517. The van der Waals surface area contributed by atoms with Gasteiger partial charge in [0.05, 0.1) is 10.6 Å². The number of rotatable bonds is 7. The van der Waals surface area contributed by atoms with Crippen LogP contribution in [-0.2, 0) is 10.4 Å². The van der Waals surface area contributed by atoms with Gasteiger partial charge in [-0.15, -0.1) is 13.2 Å². The molecular formula is C29H32ClF6N3O4. The van der Waals surface area contributed by atoms with Crippen LogP contribution in [0, 0.1) is 11.8 Å². The summed E-state index contributed by atoms with van der Waals surface area (Å²) in [6.45, 7) is 1.51. The third-order valence-corrected chi connectivity index (χ3v) is 8.49. The van der Waals surface area contributed by atoms with Crippen molar-refractivity contribution in [1.82, 2.24) is 10.2 Å². The third kappa shape index (κ3) is 7.49. The molecule has 2 aromatic carbocycles. The number of nitrogens with one attached hydrogen (secondary N) is 1. The molecule has 236 valence electrons. The number of hydrogen-bond acceptors (Lipinski definition) is 5. The van der Waals surface area contributed by atoms with Crippen molar-refractivity contribution in [3.05, 3.63) is 58.6 Å². The predicted octanol–water partition coefficient (Wildman–Crippen LogP) is 5.89. The molecule has 0 radical (unpaired) electrons. The van der Waals surface area contributed by atoms with E-state index in [0.717, 1.165) is 61.1 Å². The fourth-order valence-corrected chi connectivity index (χ4v) is 6.11. The zero-order chi connectivity index (χ0) is 31.6. The van der Waals surface area contributed by atoms with Crippen molar-refractivity contribution in [1.29, 1.82) is 0 Å². The van der Waals surface area contributed by atoms with E-state index in [0.29, 0.717) is 35.4 Å². The number of aliphatic hydroxyl groups is 1. The number of piperidine rings is 2. The Balaban J connectivity index is 1.33. The van der Waals surface area contributed by atoms with Crippen molar-refractivity contribution in [2.75, 3.05) is 38.1 Å². The molecule has 0 spiro atoms. The second kappa shape index (κ2) is 12.8. The summed E-state index contributed by atoms with van der Waals surface area (Å²) in [6, 6.07) is 8.07. The molecule has 4 rings (SSSR count). The van der Waals surface area contributed by atoms with E-state index in [1.807, 2.05) is 6.07 Å². The molecule has 0 saturated carbocycles. The number of benzene rings is 2. The van der Waals surface area contributed by atoms with Crippen LogP contribution in [0.15, 0.2) is 42.5 Å². The molecule has 2 aromatic rings. The van der Waals surface area contributed by atoms with Crippen LogP contribution < -0.4 is 15.0 Å². The first-order valence-corrected chi connectivity index (χ1v) is 14.2. The number of amides is 2. The van der Waals surface area contributed by atoms with E-state index < -0.39 is 35.4 Å². The number of likely N-dealkylation sites (tertiary alicyclic amines) is 1. The van der Waals surface area contributed by atoms with Crippen molar-refractivity contribution in [2.24, 2.45) is 11.8 Å². The number of anilines is 1. The molecule has 0 bridgehead atoms. The van der Waals surface area contributed by atoms with Gasteiger partial charge in [-0.3, -0.25) is 9.59 Å². The average molecular weight is 636 g/mol. The normalized spacial score (nSPS) is 18.7. The molecule has 43 heavy (non-hydrogen) atoms. The molecule has 7 nitrogen and oxygen atoms in total. The Morgan fingerprint density at radius 1 is 0.953 bits per heavy atom. The Kier molecular flexibility index (Phi) is 9.75. The summed E-state index contributed by atoms with van der Waals surface area (Å²) in [5.74, 6) is -2.32. The van der Waals surface area contributed by atoms with E-state index >= 15 is 0 Å². The summed E-state index contributed by atoms with van der Waals surface area (Å²) in [5.41, 5.74) is -3.77. The van der Waals surface area contributed by atoms with Crippen molar-refractivity contribution in [2.45, 2.75) is 50.2 Å². The Hall–Kier alpha value is -3.19. The highest BCUT2D eigenvalue weighted by molar-refractivity contribution is 6.34. The minimum atomic E-state index is -5.49. The largest absolute Gasteiger partial charge is 0.573 e. The van der Waals surface area contributed by atoms with Crippen molar-refractivity contribution < 1.29 is 45.8 Å². The third-order valence-electron chi connectivity index (χ3n) is 8.18. The van der Waals surface area contributed by atoms with Gasteiger partial charge in [-0.05, 0) is 74.3 Å². The van der Waals surface area contributed by atoms with Crippen LogP contribution in [0.5, 0.6) is 5.75 Å². The molecule has 14 heteroatoms. The molecule has 2 saturated heterocycles. The first-order valence-electron chi connectivity index (χ1n) is 13.8. The van der Waals surface area contributed by atoms with Crippen LogP contribution in [0.1, 0.15) is 48.0 Å². The summed E-state index contributed by atoms with van der Waals surface area (Å²) in [6.07, 6.45) is -7.16. The van der Waals surface area contributed by atoms with E-state index in [4.69, 9.17) is 11.6 Å². The summed E-state index contributed by atoms with van der Waals surface area (Å²) in [5, 5.41) is 13.6. The second-order valence-electron chi connectivity index (χ2n) is 10.9. The van der Waals surface area contributed by atoms with Gasteiger partial charge in [0.1, 0.15) is 5.75 Å². The quantitative estimate of drug-likeness (QED) is 0.371. The van der Waals surface area contributed by atoms with Crippen LogP contribution in [-0.4, -0.2) is 67.6 Å². The summed E-state index contributed by atoms with van der Waals surface area (Å²) < 4.78 is 83.9. The zero-order valence-corrected chi connectivity index (χ0v) is 24.0.